The van der Waals surface area contributed by atoms with Crippen LogP contribution in [0.15, 0.2) is 109 Å². The Labute approximate surface area is 309 Å². The van der Waals surface area contributed by atoms with Crippen LogP contribution >= 0.6 is 24.8 Å². The summed E-state index contributed by atoms with van der Waals surface area (Å²) in [6, 6.07) is 39.9. The van der Waals surface area contributed by atoms with E-state index in [1.54, 1.807) is 0 Å². The van der Waals surface area contributed by atoms with Gasteiger partial charge in [0.1, 0.15) is 0 Å². The molecule has 0 fully saturated rings. The zero-order valence-electron chi connectivity index (χ0n) is 29.2. The third-order valence-corrected chi connectivity index (χ3v) is 7.84. The van der Waals surface area contributed by atoms with E-state index in [1.807, 2.05) is 0 Å². The van der Waals surface area contributed by atoms with Gasteiger partial charge in [-0.25, -0.2) is 0 Å². The maximum absolute atomic E-state index is 3.06. The molecular formula is C42H50Cl2SiZr-4. The van der Waals surface area contributed by atoms with Gasteiger partial charge in [-0.1, -0.05) is 127 Å². The Kier molecular flexibility index (Phi) is 17.5. The normalized spacial score (nSPS) is 10.5. The second-order valence-electron chi connectivity index (χ2n) is 13.3. The van der Waals surface area contributed by atoms with E-state index in [1.165, 1.54) is 89.4 Å². The molecule has 0 spiro atoms. The van der Waals surface area contributed by atoms with Crippen LogP contribution in [-0.4, -0.2) is 6.88 Å². The quantitative estimate of drug-likeness (QED) is 0.122. The number of rotatable bonds is 2. The van der Waals surface area contributed by atoms with Crippen LogP contribution in [0, 0.1) is 28.7 Å². The van der Waals surface area contributed by atoms with Crippen LogP contribution in [0.3, 0.4) is 0 Å². The molecule has 0 unspecified atom stereocenters. The Balaban J connectivity index is 0.000000772. The Bertz CT molecular complexity index is 1680. The van der Waals surface area contributed by atoms with Crippen molar-refractivity contribution in [2.75, 3.05) is 0 Å². The first-order valence-corrected chi connectivity index (χ1v) is 18.9. The van der Waals surface area contributed by atoms with Gasteiger partial charge in [0.05, 0.1) is 0 Å². The van der Waals surface area contributed by atoms with Crippen LogP contribution in [0.1, 0.15) is 63.8 Å². The first-order chi connectivity index (χ1) is 19.9. The molecule has 0 aliphatic rings. The van der Waals surface area contributed by atoms with Crippen molar-refractivity contribution in [3.8, 4) is 22.3 Å². The predicted octanol–water partition coefficient (Wildman–Crippen LogP) is 13.0. The summed E-state index contributed by atoms with van der Waals surface area (Å²) in [5.74, 6) is 0. The average Bonchev–Trinajstić information content (AvgIpc) is 3.54. The van der Waals surface area contributed by atoms with E-state index in [2.05, 4.69) is 171 Å². The van der Waals surface area contributed by atoms with Gasteiger partial charge in [0.25, 0.3) is 0 Å². The molecule has 0 amide bonds. The van der Waals surface area contributed by atoms with Gasteiger partial charge < -0.3 is 14.9 Å². The fraction of sp³-hybridized carbons (Fsp3) is 0.238. The van der Waals surface area contributed by atoms with Crippen molar-refractivity contribution in [3.63, 3.8) is 0 Å². The molecule has 6 rings (SSSR count). The summed E-state index contributed by atoms with van der Waals surface area (Å²) in [7, 11) is 0. The summed E-state index contributed by atoms with van der Waals surface area (Å²) in [6.07, 6.45) is 0. The zero-order valence-corrected chi connectivity index (χ0v) is 34.3. The van der Waals surface area contributed by atoms with Gasteiger partial charge in [-0.3, -0.25) is 0 Å². The molecule has 0 aliphatic heterocycles. The molecule has 6 aromatic carbocycles. The van der Waals surface area contributed by atoms with E-state index >= 15 is 0 Å². The topological polar surface area (TPSA) is 0 Å². The standard InChI is InChI=1S/2C20H21.2CH3.2ClH.Si.Zr/c2*1-14-12-15-8-7-10-16(18(15)13-14)17-9-5-6-11-19(17)20(2,3)4;;;;;;/h2*5-13H,1-4H3;2*1H3;2*1H;;/q4*-1;;;;. The summed E-state index contributed by atoms with van der Waals surface area (Å²) in [5.41, 5.74) is 11.2. The van der Waals surface area contributed by atoms with Crippen molar-refractivity contribution in [2.45, 2.75) is 66.2 Å². The number of hydrogen-bond donors (Lipinski definition) is 0. The Morgan fingerprint density at radius 1 is 0.478 bits per heavy atom. The summed E-state index contributed by atoms with van der Waals surface area (Å²) < 4.78 is 0. The molecule has 2 radical (unpaired) electrons. The monoisotopic (exact) mass is 742 g/mol. The summed E-state index contributed by atoms with van der Waals surface area (Å²) in [4.78, 5) is 0. The minimum absolute atomic E-state index is 0. The van der Waals surface area contributed by atoms with Gasteiger partial charge in [-0.05, 0) is 33.1 Å². The zero-order chi connectivity index (χ0) is 30.7. The number of aryl methyl sites for hydroxylation is 2. The Morgan fingerprint density at radius 3 is 1.11 bits per heavy atom. The van der Waals surface area contributed by atoms with Crippen LogP contribution in [0.5, 0.6) is 0 Å². The molecule has 46 heavy (non-hydrogen) atoms. The van der Waals surface area contributed by atoms with Crippen molar-refractivity contribution < 1.29 is 23.3 Å². The van der Waals surface area contributed by atoms with E-state index in [9.17, 15) is 0 Å². The molecule has 0 heterocycles. The fourth-order valence-electron chi connectivity index (χ4n) is 5.98. The van der Waals surface area contributed by atoms with Gasteiger partial charge in [0.15, 0.2) is 0 Å². The third-order valence-electron chi connectivity index (χ3n) is 7.84. The van der Waals surface area contributed by atoms with Gasteiger partial charge in [0, 0.05) is 0 Å². The van der Waals surface area contributed by atoms with Gasteiger partial charge in [-0.2, -0.15) is 12.1 Å². The van der Waals surface area contributed by atoms with Crippen LogP contribution in [0.25, 0.3) is 43.8 Å². The van der Waals surface area contributed by atoms with Crippen LogP contribution in [-0.2, 0) is 34.2 Å². The van der Waals surface area contributed by atoms with Crippen molar-refractivity contribution in [1.29, 1.82) is 0 Å². The minimum atomic E-state index is 0. The SMILES string of the molecule is Cc1cc2c(-c3ccccc3C(C)(C)C)cccc2[cH-]1.Cc1cc2c(-c3ccccc3C(C)(C)C)cccc2[cH-]1.Cl.Cl.[CH3-].[CH3-].[Si]=[Zr]. The molecule has 0 N–H and O–H groups in total. The van der Waals surface area contributed by atoms with Gasteiger partial charge in [-0.15, -0.1) is 93.9 Å². The van der Waals surface area contributed by atoms with Gasteiger partial charge >= 0.3 is 30.2 Å². The molecule has 0 nitrogen and oxygen atoms in total. The summed E-state index contributed by atoms with van der Waals surface area (Å²) >= 11 is 1.36. The molecule has 0 aromatic heterocycles. The number of halogens is 2. The molecule has 0 atom stereocenters. The van der Waals surface area contributed by atoms with Crippen molar-refractivity contribution >= 4 is 53.2 Å². The van der Waals surface area contributed by atoms with E-state index in [0.717, 1.165) is 0 Å². The second-order valence-corrected chi connectivity index (χ2v) is 13.3. The first kappa shape index (κ1) is 43.8. The van der Waals surface area contributed by atoms with E-state index in [-0.39, 0.29) is 50.5 Å². The molecule has 0 saturated heterocycles. The molecule has 0 bridgehead atoms. The Morgan fingerprint density at radius 2 is 0.783 bits per heavy atom. The Hall–Kier alpha value is -2.22. The molecule has 6 aromatic rings. The van der Waals surface area contributed by atoms with Crippen molar-refractivity contribution in [3.05, 3.63) is 146 Å². The number of fused-ring (bicyclic) bond motifs is 2. The predicted molar refractivity (Wildman–Crippen MR) is 210 cm³/mol. The summed E-state index contributed by atoms with van der Waals surface area (Å²) in [5, 5.41) is 5.40. The number of benzene rings is 4. The van der Waals surface area contributed by atoms with Crippen LogP contribution in [0.4, 0.5) is 0 Å². The van der Waals surface area contributed by atoms with Crippen molar-refractivity contribution in [1.82, 2.24) is 0 Å². The molecular weight excluding hydrogens is 695 g/mol. The van der Waals surface area contributed by atoms with E-state index in [0.29, 0.717) is 0 Å². The van der Waals surface area contributed by atoms with E-state index in [4.69, 9.17) is 0 Å². The first-order valence-electron chi connectivity index (χ1n) is 14.7. The fourth-order valence-corrected chi connectivity index (χ4v) is 5.98. The van der Waals surface area contributed by atoms with Crippen molar-refractivity contribution in [2.24, 2.45) is 0 Å². The van der Waals surface area contributed by atoms with Gasteiger partial charge in [0.2, 0.25) is 0 Å². The molecule has 0 saturated carbocycles. The van der Waals surface area contributed by atoms with Crippen LogP contribution in [0.2, 0.25) is 0 Å². The van der Waals surface area contributed by atoms with Crippen LogP contribution < -0.4 is 0 Å². The van der Waals surface area contributed by atoms with E-state index < -0.39 is 0 Å². The third kappa shape index (κ3) is 9.90. The average molecular weight is 745 g/mol. The second kappa shape index (κ2) is 18.4. The molecule has 4 heteroatoms. The summed E-state index contributed by atoms with van der Waals surface area (Å²) in [6.45, 7) is 21.1. The molecule has 244 valence electrons. The molecule has 0 aliphatic carbocycles. The maximum atomic E-state index is 3.06. The number of hydrogen-bond acceptors (Lipinski definition) is 0.